The summed E-state index contributed by atoms with van der Waals surface area (Å²) in [6, 6.07) is 14.3. The number of ether oxygens (including phenoxy) is 1. The van der Waals surface area contributed by atoms with Crippen molar-refractivity contribution < 1.29 is 19.0 Å². The van der Waals surface area contributed by atoms with Crippen molar-refractivity contribution in [2.75, 3.05) is 40.4 Å². The minimum absolute atomic E-state index is 0.129. The molecule has 6 heteroatoms. The molecule has 192 valence electrons. The van der Waals surface area contributed by atoms with E-state index in [2.05, 4.69) is 12.2 Å². The molecule has 1 amide bonds. The van der Waals surface area contributed by atoms with Gasteiger partial charge in [0.2, 0.25) is 5.91 Å². The van der Waals surface area contributed by atoms with Crippen LogP contribution in [0.4, 0.5) is 4.39 Å². The molecule has 0 unspecified atom stereocenters. The topological polar surface area (TPSA) is 61.8 Å². The van der Waals surface area contributed by atoms with Crippen molar-refractivity contribution in [1.29, 1.82) is 0 Å². The van der Waals surface area contributed by atoms with Crippen molar-refractivity contribution in [2.45, 2.75) is 51.0 Å². The molecule has 0 aliphatic carbocycles. The number of nitrogens with one attached hydrogen (secondary N) is 1. The first-order chi connectivity index (χ1) is 16.9. The summed E-state index contributed by atoms with van der Waals surface area (Å²) >= 11 is 0. The number of unbranched alkanes of at least 4 members (excludes halogenated alkanes) is 1. The Bertz CT molecular complexity index is 953. The van der Waals surface area contributed by atoms with Crippen molar-refractivity contribution in [3.8, 4) is 11.1 Å². The molecule has 2 aromatic carbocycles. The zero-order valence-corrected chi connectivity index (χ0v) is 21.4. The van der Waals surface area contributed by atoms with Crippen LogP contribution in [-0.2, 0) is 15.1 Å². The van der Waals surface area contributed by atoms with Crippen LogP contribution in [0.1, 0.15) is 51.0 Å². The monoisotopic (exact) mass is 484 g/mol. The average Bonchev–Trinajstić information content (AvgIpc) is 2.87. The maximum absolute atomic E-state index is 14.8. The number of hydrogen-bond donors (Lipinski definition) is 2. The van der Waals surface area contributed by atoms with Gasteiger partial charge in [-0.2, -0.15) is 0 Å². The normalized spacial score (nSPS) is 18.8. The van der Waals surface area contributed by atoms with Crippen LogP contribution in [0.5, 0.6) is 0 Å². The van der Waals surface area contributed by atoms with Crippen LogP contribution >= 0.6 is 0 Å². The summed E-state index contributed by atoms with van der Waals surface area (Å²) in [5, 5.41) is 15.5. The fraction of sp³-hybridized carbons (Fsp3) is 0.552. The highest BCUT2D eigenvalue weighted by Crippen LogP contribution is 2.44. The third-order valence-corrected chi connectivity index (χ3v) is 7.24. The Kier molecular flexibility index (Phi) is 10.3. The Morgan fingerprint density at radius 3 is 2.63 bits per heavy atom. The molecule has 1 heterocycles. The molecule has 35 heavy (non-hydrogen) atoms. The highest BCUT2D eigenvalue weighted by atomic mass is 19.1. The number of hydrogen-bond acceptors (Lipinski definition) is 4. The van der Waals surface area contributed by atoms with Crippen molar-refractivity contribution >= 4 is 5.91 Å². The van der Waals surface area contributed by atoms with Gasteiger partial charge in [0.25, 0.3) is 0 Å². The second-order valence-corrected chi connectivity index (χ2v) is 9.95. The Morgan fingerprint density at radius 1 is 1.20 bits per heavy atom. The number of nitrogens with zero attached hydrogens (tertiary/aromatic N) is 1. The Labute approximate surface area is 209 Å². The number of carbonyl (C=O) groups is 1. The third kappa shape index (κ3) is 6.90. The number of aliphatic hydroxyl groups is 1. The average molecular weight is 485 g/mol. The summed E-state index contributed by atoms with van der Waals surface area (Å²) in [5.41, 5.74) is 0.765. The van der Waals surface area contributed by atoms with Gasteiger partial charge in [0, 0.05) is 44.7 Å². The maximum Gasteiger partial charge on any atom is 0.222 e. The van der Waals surface area contributed by atoms with E-state index < -0.39 is 5.60 Å². The molecule has 0 radical (unpaired) electrons. The predicted molar refractivity (Wildman–Crippen MR) is 138 cm³/mol. The van der Waals surface area contributed by atoms with Crippen LogP contribution in [0.15, 0.2) is 48.5 Å². The zero-order valence-electron chi connectivity index (χ0n) is 21.4. The van der Waals surface area contributed by atoms with E-state index in [1.807, 2.05) is 42.3 Å². The lowest BCUT2D eigenvalue weighted by Gasteiger charge is -2.44. The molecule has 0 bridgehead atoms. The van der Waals surface area contributed by atoms with Crippen LogP contribution in [0, 0.1) is 17.7 Å². The third-order valence-electron chi connectivity index (χ3n) is 7.24. The predicted octanol–water partition coefficient (Wildman–Crippen LogP) is 4.98. The van der Waals surface area contributed by atoms with E-state index in [4.69, 9.17) is 4.74 Å². The highest BCUT2D eigenvalue weighted by molar-refractivity contribution is 5.76. The lowest BCUT2D eigenvalue weighted by Crippen LogP contribution is -2.48. The number of likely N-dealkylation sites (tertiary alicyclic amines) is 1. The first-order valence-electron chi connectivity index (χ1n) is 12.9. The van der Waals surface area contributed by atoms with Crippen molar-refractivity contribution in [1.82, 2.24) is 10.2 Å². The summed E-state index contributed by atoms with van der Waals surface area (Å²) in [7, 11) is 3.58. The fourth-order valence-corrected chi connectivity index (χ4v) is 5.42. The van der Waals surface area contributed by atoms with Gasteiger partial charge >= 0.3 is 0 Å². The van der Waals surface area contributed by atoms with Crippen LogP contribution in [-0.4, -0.2) is 56.3 Å². The molecule has 0 saturated carbocycles. The van der Waals surface area contributed by atoms with Gasteiger partial charge in [-0.25, -0.2) is 4.39 Å². The van der Waals surface area contributed by atoms with Gasteiger partial charge in [0.15, 0.2) is 0 Å². The largest absolute Gasteiger partial charge is 0.385 e. The summed E-state index contributed by atoms with van der Waals surface area (Å²) in [6.07, 6.45) is 4.30. The van der Waals surface area contributed by atoms with Crippen molar-refractivity contribution in [3.63, 3.8) is 0 Å². The number of amides is 1. The molecule has 2 N–H and O–H groups in total. The first-order valence-corrected chi connectivity index (χ1v) is 12.9. The molecular formula is C29H41FN2O3. The molecule has 0 aromatic heterocycles. The second kappa shape index (κ2) is 13.1. The minimum Gasteiger partial charge on any atom is -0.385 e. The van der Waals surface area contributed by atoms with Crippen LogP contribution < -0.4 is 5.32 Å². The number of rotatable bonds is 12. The number of benzene rings is 2. The standard InChI is InChI=1S/C29H41FN2O3/c1-22(20-31-2)19-28(33)32-17-10-11-23(21-32)29(34,16-8-9-18-35-3)26-14-6-4-12-24(26)25-13-5-7-15-27(25)30/h4-7,12-15,22-23,31,34H,8-11,16-21H2,1-3H3/t22-,23-,29+/m1/s1. The number of piperidine rings is 1. The van der Waals surface area contributed by atoms with E-state index in [0.717, 1.165) is 44.3 Å². The molecule has 5 nitrogen and oxygen atoms in total. The summed E-state index contributed by atoms with van der Waals surface area (Å²) < 4.78 is 20.1. The smallest absolute Gasteiger partial charge is 0.222 e. The molecule has 1 fully saturated rings. The van der Waals surface area contributed by atoms with Crippen molar-refractivity contribution in [3.05, 3.63) is 59.9 Å². The van der Waals surface area contributed by atoms with Crippen LogP contribution in [0.25, 0.3) is 11.1 Å². The Hall–Kier alpha value is -2.28. The number of halogens is 1. The minimum atomic E-state index is -1.18. The van der Waals surface area contributed by atoms with E-state index in [0.29, 0.717) is 37.1 Å². The maximum atomic E-state index is 14.8. The Balaban J connectivity index is 1.93. The molecule has 2 aromatic rings. The van der Waals surface area contributed by atoms with Gasteiger partial charge in [0.1, 0.15) is 5.82 Å². The summed E-state index contributed by atoms with van der Waals surface area (Å²) in [4.78, 5) is 15.0. The van der Waals surface area contributed by atoms with Crippen LogP contribution in [0.2, 0.25) is 0 Å². The lowest BCUT2D eigenvalue weighted by molar-refractivity contribution is -0.137. The van der Waals surface area contributed by atoms with Gasteiger partial charge in [0.05, 0.1) is 5.60 Å². The first kappa shape index (κ1) is 27.3. The van der Waals surface area contributed by atoms with E-state index >= 15 is 0 Å². The highest BCUT2D eigenvalue weighted by Gasteiger charge is 2.42. The zero-order chi connectivity index (χ0) is 25.3. The quantitative estimate of drug-likeness (QED) is 0.417. The second-order valence-electron chi connectivity index (χ2n) is 9.95. The molecule has 1 saturated heterocycles. The number of carbonyl (C=O) groups excluding carboxylic acids is 1. The molecule has 1 aliphatic rings. The Morgan fingerprint density at radius 2 is 1.91 bits per heavy atom. The van der Waals surface area contributed by atoms with E-state index in [-0.39, 0.29) is 23.6 Å². The lowest BCUT2D eigenvalue weighted by atomic mass is 9.72. The SMILES string of the molecule is CNC[C@H](C)CC(=O)N1CCC[C@@H]([C@@](O)(CCCCOC)c2ccccc2-c2ccccc2F)C1. The van der Waals surface area contributed by atoms with Crippen LogP contribution in [0.3, 0.4) is 0 Å². The molecule has 0 spiro atoms. The molecule has 3 rings (SSSR count). The fourth-order valence-electron chi connectivity index (χ4n) is 5.42. The van der Waals surface area contributed by atoms with Crippen molar-refractivity contribution in [2.24, 2.45) is 11.8 Å². The van der Waals surface area contributed by atoms with Gasteiger partial charge in [-0.1, -0.05) is 49.4 Å². The van der Waals surface area contributed by atoms with Gasteiger partial charge in [-0.3, -0.25) is 4.79 Å². The molecular weight excluding hydrogens is 443 g/mol. The van der Waals surface area contributed by atoms with Gasteiger partial charge in [-0.15, -0.1) is 0 Å². The summed E-state index contributed by atoms with van der Waals surface area (Å²) in [6.45, 7) is 4.73. The van der Waals surface area contributed by atoms with E-state index in [1.165, 1.54) is 6.07 Å². The van der Waals surface area contributed by atoms with Gasteiger partial charge < -0.3 is 20.1 Å². The van der Waals surface area contributed by atoms with E-state index in [9.17, 15) is 14.3 Å². The molecule has 1 aliphatic heterocycles. The van der Waals surface area contributed by atoms with E-state index in [1.54, 1.807) is 19.2 Å². The van der Waals surface area contributed by atoms with Gasteiger partial charge in [-0.05, 0) is 68.8 Å². The molecule has 3 atom stereocenters. The number of methoxy groups -OCH3 is 1. The summed E-state index contributed by atoms with van der Waals surface area (Å²) in [5.74, 6) is -0.0416.